The van der Waals surface area contributed by atoms with Crippen LogP contribution in [0.5, 0.6) is 5.75 Å². The van der Waals surface area contributed by atoms with E-state index in [1.165, 1.54) is 6.92 Å². The highest BCUT2D eigenvalue weighted by Gasteiger charge is 2.36. The summed E-state index contributed by atoms with van der Waals surface area (Å²) in [5.74, 6) is 0.631. The Morgan fingerprint density at radius 1 is 0.758 bits per heavy atom. The SMILES string of the molecule is CC(=O)Nc1ccc(OCCOCCOCCOCCOCCO[Si](C)(C)C(C)(C)C)cc1. The number of amides is 1. The van der Waals surface area contributed by atoms with Crippen LogP contribution < -0.4 is 10.1 Å². The van der Waals surface area contributed by atoms with E-state index in [4.69, 9.17) is 28.1 Å². The molecule has 190 valence electrons. The van der Waals surface area contributed by atoms with Crippen LogP contribution in [0.1, 0.15) is 27.7 Å². The molecule has 0 aromatic heterocycles. The summed E-state index contributed by atoms with van der Waals surface area (Å²) in [7, 11) is -1.69. The van der Waals surface area contributed by atoms with Crippen molar-refractivity contribution in [1.29, 1.82) is 0 Å². The van der Waals surface area contributed by atoms with Crippen LogP contribution in [-0.4, -0.2) is 80.3 Å². The number of carbonyl (C=O) groups is 1. The van der Waals surface area contributed by atoms with E-state index in [0.717, 1.165) is 11.4 Å². The van der Waals surface area contributed by atoms with Crippen LogP contribution in [0.15, 0.2) is 24.3 Å². The summed E-state index contributed by atoms with van der Waals surface area (Å²) < 4.78 is 33.7. The summed E-state index contributed by atoms with van der Waals surface area (Å²) in [6, 6.07) is 7.21. The topological polar surface area (TPSA) is 84.5 Å². The molecule has 0 saturated heterocycles. The number of rotatable bonds is 18. The van der Waals surface area contributed by atoms with E-state index in [0.29, 0.717) is 66.1 Å². The molecule has 0 saturated carbocycles. The Kier molecular flexibility index (Phi) is 14.5. The quantitative estimate of drug-likeness (QED) is 0.247. The molecule has 9 heteroatoms. The zero-order valence-corrected chi connectivity index (χ0v) is 22.2. The van der Waals surface area contributed by atoms with E-state index in [-0.39, 0.29) is 10.9 Å². The van der Waals surface area contributed by atoms with Gasteiger partial charge in [0.1, 0.15) is 12.4 Å². The molecule has 33 heavy (non-hydrogen) atoms. The van der Waals surface area contributed by atoms with Crippen LogP contribution in [0.4, 0.5) is 5.69 Å². The number of hydrogen-bond acceptors (Lipinski definition) is 7. The van der Waals surface area contributed by atoms with Crippen molar-refractivity contribution >= 4 is 19.9 Å². The standard InChI is InChI=1S/C24H43NO7Si/c1-21(26)25-22-7-9-23(10-8-22)31-19-17-29-15-13-27-11-12-28-14-16-30-18-20-32-33(5,6)24(2,3)4/h7-10H,11-20H2,1-6H3,(H,25,26). The number of carbonyl (C=O) groups excluding carboxylic acids is 1. The minimum Gasteiger partial charge on any atom is -0.491 e. The molecule has 1 amide bonds. The summed E-state index contributed by atoms with van der Waals surface area (Å²) in [5.41, 5.74) is 0.742. The average Bonchev–Trinajstić information content (AvgIpc) is 2.73. The van der Waals surface area contributed by atoms with Crippen LogP contribution >= 0.6 is 0 Å². The first-order valence-corrected chi connectivity index (χ1v) is 14.5. The maximum Gasteiger partial charge on any atom is 0.221 e. The van der Waals surface area contributed by atoms with E-state index in [2.05, 4.69) is 39.2 Å². The fourth-order valence-electron chi connectivity index (χ4n) is 2.39. The van der Waals surface area contributed by atoms with Crippen molar-refractivity contribution in [2.75, 3.05) is 71.4 Å². The van der Waals surface area contributed by atoms with E-state index >= 15 is 0 Å². The first kappa shape index (κ1) is 29.5. The molecule has 8 nitrogen and oxygen atoms in total. The Bertz CT molecular complexity index is 647. The molecule has 0 atom stereocenters. The fraction of sp³-hybridized carbons (Fsp3) is 0.708. The predicted octanol–water partition coefficient (Wildman–Crippen LogP) is 4.11. The van der Waals surface area contributed by atoms with Gasteiger partial charge in [-0.1, -0.05) is 20.8 Å². The van der Waals surface area contributed by atoms with Gasteiger partial charge in [0, 0.05) is 12.6 Å². The minimum atomic E-state index is -1.69. The summed E-state index contributed by atoms with van der Waals surface area (Å²) >= 11 is 0. The lowest BCUT2D eigenvalue weighted by Crippen LogP contribution is -2.41. The van der Waals surface area contributed by atoms with Gasteiger partial charge in [-0.05, 0) is 42.4 Å². The molecule has 1 rings (SSSR count). The van der Waals surface area contributed by atoms with Gasteiger partial charge in [0.25, 0.3) is 0 Å². The van der Waals surface area contributed by atoms with E-state index < -0.39 is 8.32 Å². The lowest BCUT2D eigenvalue weighted by Gasteiger charge is -2.36. The molecule has 0 radical (unpaired) electrons. The second kappa shape index (κ2) is 16.2. The molecule has 0 spiro atoms. The maximum atomic E-state index is 11.0. The zero-order chi connectivity index (χ0) is 24.6. The largest absolute Gasteiger partial charge is 0.491 e. The van der Waals surface area contributed by atoms with Gasteiger partial charge in [0.05, 0.1) is 59.5 Å². The lowest BCUT2D eigenvalue weighted by molar-refractivity contribution is -0.114. The number of anilines is 1. The molecule has 1 aromatic rings. The molecular formula is C24H43NO7Si. The van der Waals surface area contributed by atoms with Gasteiger partial charge in [-0.25, -0.2) is 0 Å². The third kappa shape index (κ3) is 14.4. The van der Waals surface area contributed by atoms with Crippen molar-refractivity contribution in [3.8, 4) is 5.75 Å². The normalized spacial score (nSPS) is 12.1. The highest BCUT2D eigenvalue weighted by Crippen LogP contribution is 2.36. The Morgan fingerprint density at radius 3 is 1.61 bits per heavy atom. The van der Waals surface area contributed by atoms with Crippen LogP contribution in [0, 0.1) is 0 Å². The van der Waals surface area contributed by atoms with Crippen molar-refractivity contribution in [2.45, 2.75) is 45.8 Å². The van der Waals surface area contributed by atoms with Gasteiger partial charge in [-0.2, -0.15) is 0 Å². The van der Waals surface area contributed by atoms with Gasteiger partial charge in [0.15, 0.2) is 8.32 Å². The van der Waals surface area contributed by atoms with Crippen LogP contribution in [0.3, 0.4) is 0 Å². The van der Waals surface area contributed by atoms with Gasteiger partial charge >= 0.3 is 0 Å². The second-order valence-corrected chi connectivity index (χ2v) is 13.9. The number of nitrogens with one attached hydrogen (secondary N) is 1. The maximum absolute atomic E-state index is 11.0. The second-order valence-electron chi connectivity index (χ2n) is 9.11. The number of benzene rings is 1. The van der Waals surface area contributed by atoms with Crippen LogP contribution in [0.2, 0.25) is 18.1 Å². The molecule has 0 aliphatic carbocycles. The lowest BCUT2D eigenvalue weighted by atomic mass is 10.2. The van der Waals surface area contributed by atoms with Gasteiger partial charge in [0.2, 0.25) is 5.91 Å². The summed E-state index contributed by atoms with van der Waals surface area (Å²) in [6.07, 6.45) is 0. The molecule has 0 bridgehead atoms. The van der Waals surface area contributed by atoms with Crippen molar-refractivity contribution in [2.24, 2.45) is 0 Å². The van der Waals surface area contributed by atoms with Gasteiger partial charge < -0.3 is 33.4 Å². The van der Waals surface area contributed by atoms with Gasteiger partial charge in [-0.15, -0.1) is 0 Å². The molecule has 1 aromatic carbocycles. The molecule has 0 unspecified atom stereocenters. The minimum absolute atomic E-state index is 0.0988. The summed E-state index contributed by atoms with van der Waals surface area (Å²) in [6.45, 7) is 18.0. The Labute approximate surface area is 200 Å². The van der Waals surface area contributed by atoms with Crippen molar-refractivity contribution in [3.05, 3.63) is 24.3 Å². The summed E-state index contributed by atoms with van der Waals surface area (Å²) in [5, 5.41) is 2.93. The Balaban J connectivity index is 1.85. The van der Waals surface area contributed by atoms with E-state index in [1.54, 1.807) is 12.1 Å². The zero-order valence-electron chi connectivity index (χ0n) is 21.2. The highest BCUT2D eigenvalue weighted by atomic mass is 28.4. The van der Waals surface area contributed by atoms with Crippen molar-refractivity contribution in [3.63, 3.8) is 0 Å². The van der Waals surface area contributed by atoms with E-state index in [1.807, 2.05) is 12.1 Å². The molecule has 0 fully saturated rings. The third-order valence-electron chi connectivity index (χ3n) is 5.28. The number of ether oxygens (including phenoxy) is 5. The van der Waals surface area contributed by atoms with Crippen molar-refractivity contribution < 1.29 is 32.9 Å². The third-order valence-corrected chi connectivity index (χ3v) is 9.82. The monoisotopic (exact) mass is 485 g/mol. The summed E-state index contributed by atoms with van der Waals surface area (Å²) in [4.78, 5) is 11.0. The molecule has 0 aliphatic rings. The molecular weight excluding hydrogens is 442 g/mol. The molecule has 0 aliphatic heterocycles. The van der Waals surface area contributed by atoms with Crippen LogP contribution in [-0.2, 0) is 28.2 Å². The highest BCUT2D eigenvalue weighted by molar-refractivity contribution is 6.74. The first-order chi connectivity index (χ1) is 15.6. The predicted molar refractivity (Wildman–Crippen MR) is 133 cm³/mol. The van der Waals surface area contributed by atoms with Gasteiger partial charge in [-0.3, -0.25) is 4.79 Å². The Hall–Kier alpha value is -1.49. The Morgan fingerprint density at radius 2 is 1.18 bits per heavy atom. The molecule has 0 heterocycles. The first-order valence-electron chi connectivity index (χ1n) is 11.6. The smallest absolute Gasteiger partial charge is 0.221 e. The fourth-order valence-corrected chi connectivity index (χ4v) is 3.42. The average molecular weight is 486 g/mol. The van der Waals surface area contributed by atoms with Crippen molar-refractivity contribution in [1.82, 2.24) is 0 Å². The number of hydrogen-bond donors (Lipinski definition) is 1. The van der Waals surface area contributed by atoms with E-state index in [9.17, 15) is 4.79 Å². The molecule has 1 N–H and O–H groups in total. The van der Waals surface area contributed by atoms with Crippen LogP contribution in [0.25, 0.3) is 0 Å².